The molecule has 0 aromatic rings. The van der Waals surface area contributed by atoms with Gasteiger partial charge in [0.25, 0.3) is 5.79 Å². The van der Waals surface area contributed by atoms with Crippen molar-refractivity contribution in [2.24, 2.45) is 0 Å². The van der Waals surface area contributed by atoms with E-state index in [9.17, 15) is 55.5 Å². The number of hydrogen-bond donors (Lipinski definition) is 9. The highest BCUT2D eigenvalue weighted by atomic mass is 16.8. The number of likely N-dealkylation sites (N-methyl/N-ethyl adjacent to an activating group) is 1. The fraction of sp³-hybridized carbons (Fsp3) is 0.905. The summed E-state index contributed by atoms with van der Waals surface area (Å²) in [6.07, 6.45) is -15.4. The van der Waals surface area contributed by atoms with Crippen LogP contribution < -0.4 is 10.4 Å². The van der Waals surface area contributed by atoms with Crippen LogP contribution in [0.3, 0.4) is 0 Å². The minimum Gasteiger partial charge on any atom is -0.544 e. The lowest BCUT2D eigenvalue weighted by atomic mass is 9.76. The van der Waals surface area contributed by atoms with Crippen LogP contribution in [0.4, 0.5) is 4.79 Å². The van der Waals surface area contributed by atoms with Gasteiger partial charge in [0.1, 0.15) is 55.3 Å². The summed E-state index contributed by atoms with van der Waals surface area (Å²) in [5, 5.41) is 94.6. The number of carboxylic acids is 1. The Balaban J connectivity index is 2.31. The third kappa shape index (κ3) is 5.69. The fourth-order valence-electron chi connectivity index (χ4n) is 4.90. The number of hydrogen-bond acceptors (Lipinski definition) is 14. The van der Waals surface area contributed by atoms with Gasteiger partial charge in [0.2, 0.25) is 0 Å². The first-order chi connectivity index (χ1) is 17.0. The van der Waals surface area contributed by atoms with Gasteiger partial charge < -0.3 is 74.8 Å². The van der Waals surface area contributed by atoms with E-state index in [0.29, 0.717) is 0 Å². The van der Waals surface area contributed by atoms with Gasteiger partial charge in [0, 0.05) is 12.5 Å². The molecule has 3 unspecified atom stereocenters. The van der Waals surface area contributed by atoms with Crippen LogP contribution in [0.25, 0.3) is 0 Å². The van der Waals surface area contributed by atoms with Gasteiger partial charge in [-0.05, 0) is 6.92 Å². The molecule has 9 N–H and O–H groups in total. The largest absolute Gasteiger partial charge is 0.544 e. The molecule has 2 rings (SSSR count). The Morgan fingerprint density at radius 2 is 1.57 bits per heavy atom. The first-order valence-corrected chi connectivity index (χ1v) is 11.6. The lowest BCUT2D eigenvalue weighted by Crippen LogP contribution is -2.78. The molecule has 2 heterocycles. The Morgan fingerprint density at radius 3 is 2.00 bits per heavy atom. The summed E-state index contributed by atoms with van der Waals surface area (Å²) in [5.74, 6) is -4.15. The summed E-state index contributed by atoms with van der Waals surface area (Å²) in [6, 6.07) is -1.09. The molecule has 0 aliphatic carbocycles. The maximum absolute atomic E-state index is 12.6. The second-order valence-electron chi connectivity index (χ2n) is 10.4. The number of rotatable bonds is 10. The van der Waals surface area contributed by atoms with Gasteiger partial charge in [-0.2, -0.15) is 0 Å². The van der Waals surface area contributed by atoms with Crippen LogP contribution in [0.5, 0.6) is 0 Å². The smallest absolute Gasteiger partial charge is 0.410 e. The fourth-order valence-corrected chi connectivity index (χ4v) is 4.90. The zero-order valence-electron chi connectivity index (χ0n) is 21.0. The Morgan fingerprint density at radius 1 is 1.00 bits per heavy atom. The van der Waals surface area contributed by atoms with E-state index in [-0.39, 0.29) is 0 Å². The summed E-state index contributed by atoms with van der Waals surface area (Å²) < 4.78 is 15.3. The summed E-state index contributed by atoms with van der Waals surface area (Å²) in [7, 11) is 4.30. The van der Waals surface area contributed by atoms with Crippen molar-refractivity contribution in [2.45, 2.75) is 79.5 Å². The van der Waals surface area contributed by atoms with E-state index in [1.807, 2.05) is 0 Å². The lowest BCUT2D eigenvalue weighted by Gasteiger charge is -2.55. The van der Waals surface area contributed by atoms with Crippen molar-refractivity contribution in [1.29, 1.82) is 0 Å². The minimum atomic E-state index is -2.42. The van der Waals surface area contributed by atoms with Crippen LogP contribution in [0.1, 0.15) is 13.3 Å². The second kappa shape index (κ2) is 11.6. The molecule has 37 heavy (non-hydrogen) atoms. The van der Waals surface area contributed by atoms with Crippen molar-refractivity contribution in [3.63, 3.8) is 0 Å². The molecule has 0 aromatic heterocycles. The van der Waals surface area contributed by atoms with Gasteiger partial charge >= 0.3 is 6.09 Å². The van der Waals surface area contributed by atoms with Crippen LogP contribution in [0.15, 0.2) is 0 Å². The predicted octanol–water partition coefficient (Wildman–Crippen LogP) is -6.67. The molecular formula is C21H38N2O14. The number of alkyl carbamates (subject to hydrolysis) is 1. The normalized spacial score (nSPS) is 39.0. The quantitative estimate of drug-likeness (QED) is 0.116. The summed E-state index contributed by atoms with van der Waals surface area (Å²) in [5.41, 5.74) is -2.18. The molecule has 0 spiro atoms. The molecule has 2 aliphatic rings. The summed E-state index contributed by atoms with van der Waals surface area (Å²) in [4.78, 5) is 25.3. The number of carbonyl (C=O) groups excluding carboxylic acids is 2. The van der Waals surface area contributed by atoms with Crippen molar-refractivity contribution in [3.05, 3.63) is 0 Å². The van der Waals surface area contributed by atoms with Crippen molar-refractivity contribution in [3.8, 4) is 0 Å². The Labute approximate surface area is 212 Å². The van der Waals surface area contributed by atoms with E-state index in [2.05, 4.69) is 5.32 Å². The molecule has 0 aromatic carbocycles. The molecule has 216 valence electrons. The molecule has 16 heteroatoms. The summed E-state index contributed by atoms with van der Waals surface area (Å²) in [6.45, 7) is -1.27. The van der Waals surface area contributed by atoms with Gasteiger partial charge in [0.15, 0.2) is 11.6 Å². The molecule has 2 fully saturated rings. The number of aliphatic hydroxyl groups excluding tert-OH is 8. The third-order valence-corrected chi connectivity index (χ3v) is 7.07. The number of ether oxygens (including phenoxy) is 3. The number of carboxylic acid groups (broad SMARTS) is 1. The standard InChI is InChI=1S/C21H38N2O14/c1-9(22-19(34)37-21(8-26)16(31)13(28)11(7-25)36-21)5-20(18(32)33,23(2,3)4)17-15(30)14(29)12(27)10(6-24)35-17/h9-17,24-31H,5-8H2,1-4H3,(H-,22,32,33,34)/t9?,10-,11-,12-,13-,14+,15-,16+,17+,20?,21?/m1/s1. The number of aliphatic hydroxyl groups is 8. The van der Waals surface area contributed by atoms with E-state index in [1.54, 1.807) is 0 Å². The molecule has 0 radical (unpaired) electrons. The molecule has 0 saturated carbocycles. The number of nitrogens with one attached hydrogen (secondary N) is 1. The maximum Gasteiger partial charge on any atom is 0.410 e. The van der Waals surface area contributed by atoms with Crippen LogP contribution >= 0.6 is 0 Å². The molecular weight excluding hydrogens is 504 g/mol. The number of amides is 1. The van der Waals surface area contributed by atoms with E-state index < -0.39 is 109 Å². The van der Waals surface area contributed by atoms with E-state index >= 15 is 0 Å². The minimum absolute atomic E-state index is 0.466. The van der Waals surface area contributed by atoms with Crippen molar-refractivity contribution < 1.29 is 74.2 Å². The lowest BCUT2D eigenvalue weighted by molar-refractivity contribution is -0.922. The Hall–Kier alpha value is -1.70. The maximum atomic E-state index is 12.6. The van der Waals surface area contributed by atoms with E-state index in [0.717, 1.165) is 0 Å². The summed E-state index contributed by atoms with van der Waals surface area (Å²) >= 11 is 0. The predicted molar refractivity (Wildman–Crippen MR) is 117 cm³/mol. The molecule has 0 bridgehead atoms. The van der Waals surface area contributed by atoms with Crippen molar-refractivity contribution in [1.82, 2.24) is 5.32 Å². The highest BCUT2D eigenvalue weighted by Gasteiger charge is 2.61. The van der Waals surface area contributed by atoms with E-state index in [4.69, 9.17) is 14.2 Å². The highest BCUT2D eigenvalue weighted by Crippen LogP contribution is 2.38. The van der Waals surface area contributed by atoms with Crippen LogP contribution in [0, 0.1) is 0 Å². The zero-order valence-corrected chi connectivity index (χ0v) is 21.0. The van der Waals surface area contributed by atoms with Gasteiger partial charge in [-0.15, -0.1) is 0 Å². The number of carbonyl (C=O) groups is 2. The van der Waals surface area contributed by atoms with Gasteiger partial charge in [0.05, 0.1) is 34.4 Å². The zero-order chi connectivity index (χ0) is 28.5. The number of nitrogens with zero attached hydrogens (tertiary/aromatic N) is 1. The number of aliphatic carboxylic acids is 1. The second-order valence-corrected chi connectivity index (χ2v) is 10.4. The molecule has 11 atom stereocenters. The van der Waals surface area contributed by atoms with E-state index in [1.165, 1.54) is 28.1 Å². The highest BCUT2D eigenvalue weighted by molar-refractivity contribution is 5.77. The Kier molecular flexibility index (Phi) is 9.87. The monoisotopic (exact) mass is 542 g/mol. The van der Waals surface area contributed by atoms with Gasteiger partial charge in [-0.3, -0.25) is 0 Å². The number of quaternary nitrogens is 1. The topological polar surface area (TPSA) is 259 Å². The average molecular weight is 543 g/mol. The van der Waals surface area contributed by atoms with Crippen LogP contribution in [-0.2, 0) is 19.0 Å². The molecule has 16 nitrogen and oxygen atoms in total. The Bertz CT molecular complexity index is 809. The van der Waals surface area contributed by atoms with Crippen LogP contribution in [0.2, 0.25) is 0 Å². The first-order valence-electron chi connectivity index (χ1n) is 11.6. The first kappa shape index (κ1) is 31.5. The van der Waals surface area contributed by atoms with Gasteiger partial charge in [-0.1, -0.05) is 0 Å². The van der Waals surface area contributed by atoms with Crippen LogP contribution in [-0.4, -0.2) is 165 Å². The average Bonchev–Trinajstić information content (AvgIpc) is 3.05. The van der Waals surface area contributed by atoms with Crippen molar-refractivity contribution in [2.75, 3.05) is 41.0 Å². The van der Waals surface area contributed by atoms with Crippen molar-refractivity contribution >= 4 is 12.1 Å². The van der Waals surface area contributed by atoms with Gasteiger partial charge in [-0.25, -0.2) is 4.79 Å². The molecule has 2 saturated heterocycles. The third-order valence-electron chi connectivity index (χ3n) is 7.07. The SMILES string of the molecule is CC(CC(C(=O)[O-])([C@H]1O[C@H](CO)[C@@H](O)[C@H](O)[C@H]1O)[N+](C)(C)C)NC(=O)OC1(CO)O[C@H](CO)[C@@H](O)[C@@H]1O. The molecule has 2 aliphatic heterocycles. The molecule has 1 amide bonds.